The van der Waals surface area contributed by atoms with Gasteiger partial charge in [-0.1, -0.05) is 0 Å². The van der Waals surface area contributed by atoms with Crippen molar-refractivity contribution >= 4 is 5.97 Å². The van der Waals surface area contributed by atoms with Crippen molar-refractivity contribution in [2.45, 2.75) is 24.9 Å². The molecule has 1 aliphatic carbocycles. The lowest BCUT2D eigenvalue weighted by Crippen LogP contribution is -2.39. The smallest absolute Gasteiger partial charge is 0.354 e. The maximum atomic E-state index is 11.3. The summed E-state index contributed by atoms with van der Waals surface area (Å²) in [6, 6.07) is 0.966. The van der Waals surface area contributed by atoms with E-state index in [2.05, 4.69) is 9.97 Å². The first-order valence-electron chi connectivity index (χ1n) is 4.98. The van der Waals surface area contributed by atoms with Gasteiger partial charge in [-0.3, -0.25) is 4.79 Å². The Hall–Kier alpha value is -1.69. The second-order valence-corrected chi connectivity index (χ2v) is 3.84. The monoisotopic (exact) mass is 224 g/mol. The molecule has 16 heavy (non-hydrogen) atoms. The van der Waals surface area contributed by atoms with E-state index in [1.165, 1.54) is 7.11 Å². The maximum Gasteiger partial charge on any atom is 0.354 e. The molecular weight excluding hydrogens is 212 g/mol. The fourth-order valence-corrected chi connectivity index (χ4v) is 1.82. The Morgan fingerprint density at radius 2 is 2.31 bits per heavy atom. The van der Waals surface area contributed by atoms with Crippen molar-refractivity contribution in [2.24, 2.45) is 0 Å². The fraction of sp³-hybridized carbons (Fsp3) is 0.500. The van der Waals surface area contributed by atoms with Crippen LogP contribution in [0.5, 0.6) is 0 Å². The van der Waals surface area contributed by atoms with Gasteiger partial charge in [0.15, 0.2) is 5.69 Å². The van der Waals surface area contributed by atoms with Crippen LogP contribution in [0, 0.1) is 0 Å². The van der Waals surface area contributed by atoms with E-state index in [4.69, 9.17) is 9.84 Å². The number of carboxylic acid groups (broad SMARTS) is 1. The summed E-state index contributed by atoms with van der Waals surface area (Å²) in [5.74, 6) is -0.899. The van der Waals surface area contributed by atoms with Crippen LogP contribution in [-0.4, -0.2) is 28.2 Å². The van der Waals surface area contributed by atoms with Crippen LogP contribution >= 0.6 is 0 Å². The number of aromatic carboxylic acids is 1. The van der Waals surface area contributed by atoms with Crippen LogP contribution in [0.3, 0.4) is 0 Å². The molecule has 86 valence electrons. The number of nitrogens with zero attached hydrogens (tertiary/aromatic N) is 1. The number of aromatic amines is 1. The first-order valence-corrected chi connectivity index (χ1v) is 4.98. The van der Waals surface area contributed by atoms with Gasteiger partial charge in [-0.15, -0.1) is 0 Å². The van der Waals surface area contributed by atoms with Gasteiger partial charge in [0.25, 0.3) is 5.56 Å². The minimum atomic E-state index is -1.21. The van der Waals surface area contributed by atoms with Crippen LogP contribution in [0.4, 0.5) is 0 Å². The van der Waals surface area contributed by atoms with Crippen molar-refractivity contribution in [2.75, 3.05) is 7.11 Å². The van der Waals surface area contributed by atoms with Crippen molar-refractivity contribution in [3.05, 3.63) is 27.9 Å². The number of rotatable bonds is 3. The molecular formula is C10H12N2O4. The number of carboxylic acids is 1. The van der Waals surface area contributed by atoms with Gasteiger partial charge < -0.3 is 14.8 Å². The predicted octanol–water partition coefficient (Wildman–Crippen LogP) is 0.494. The van der Waals surface area contributed by atoms with E-state index in [1.54, 1.807) is 0 Å². The molecule has 0 aliphatic heterocycles. The minimum Gasteiger partial charge on any atom is -0.477 e. The summed E-state index contributed by atoms with van der Waals surface area (Å²) in [6.45, 7) is 0. The Bertz CT molecular complexity index is 470. The molecule has 2 rings (SSSR count). The van der Waals surface area contributed by atoms with Gasteiger partial charge in [0.1, 0.15) is 11.4 Å². The van der Waals surface area contributed by atoms with E-state index in [1.807, 2.05) is 0 Å². The van der Waals surface area contributed by atoms with Crippen molar-refractivity contribution in [1.29, 1.82) is 0 Å². The third kappa shape index (κ3) is 1.61. The van der Waals surface area contributed by atoms with Crippen LogP contribution < -0.4 is 5.56 Å². The Kier molecular flexibility index (Phi) is 2.51. The molecule has 0 saturated heterocycles. The van der Waals surface area contributed by atoms with E-state index in [0.717, 1.165) is 25.3 Å². The Morgan fingerprint density at radius 1 is 1.62 bits per heavy atom. The Balaban J connectivity index is 2.48. The zero-order valence-electron chi connectivity index (χ0n) is 8.82. The third-order valence-corrected chi connectivity index (χ3v) is 2.94. The van der Waals surface area contributed by atoms with E-state index >= 15 is 0 Å². The summed E-state index contributed by atoms with van der Waals surface area (Å²) in [6.07, 6.45) is 2.47. The topological polar surface area (TPSA) is 92.3 Å². The summed E-state index contributed by atoms with van der Waals surface area (Å²) in [7, 11) is 1.53. The Labute approximate surface area is 91.3 Å². The average molecular weight is 224 g/mol. The van der Waals surface area contributed by atoms with E-state index < -0.39 is 17.1 Å². The minimum absolute atomic E-state index is 0.248. The second-order valence-electron chi connectivity index (χ2n) is 3.84. The lowest BCUT2D eigenvalue weighted by molar-refractivity contribution is -0.0849. The first-order chi connectivity index (χ1) is 7.57. The molecule has 1 saturated carbocycles. The fourth-order valence-electron chi connectivity index (χ4n) is 1.82. The molecule has 0 aromatic carbocycles. The zero-order valence-corrected chi connectivity index (χ0v) is 8.82. The number of nitrogens with one attached hydrogen (secondary N) is 1. The first kappa shape index (κ1) is 10.8. The highest BCUT2D eigenvalue weighted by atomic mass is 16.5. The highest BCUT2D eigenvalue weighted by Gasteiger charge is 2.41. The average Bonchev–Trinajstić information content (AvgIpc) is 2.16. The molecule has 1 aliphatic rings. The van der Waals surface area contributed by atoms with Gasteiger partial charge in [-0.2, -0.15) is 0 Å². The molecule has 1 fully saturated rings. The van der Waals surface area contributed by atoms with Crippen LogP contribution in [-0.2, 0) is 10.3 Å². The number of hydrogen-bond donors (Lipinski definition) is 2. The number of hydrogen-bond acceptors (Lipinski definition) is 4. The summed E-state index contributed by atoms with van der Waals surface area (Å²) in [4.78, 5) is 28.5. The van der Waals surface area contributed by atoms with Gasteiger partial charge >= 0.3 is 5.97 Å². The lowest BCUT2D eigenvalue weighted by atomic mass is 9.79. The van der Waals surface area contributed by atoms with Crippen molar-refractivity contribution in [3.63, 3.8) is 0 Å². The maximum absolute atomic E-state index is 11.3. The highest BCUT2D eigenvalue weighted by molar-refractivity contribution is 5.85. The van der Waals surface area contributed by atoms with Crippen LogP contribution in [0.1, 0.15) is 35.6 Å². The molecule has 0 bridgehead atoms. The van der Waals surface area contributed by atoms with E-state index in [9.17, 15) is 9.59 Å². The zero-order chi connectivity index (χ0) is 11.8. The molecule has 1 aromatic heterocycles. The number of methoxy groups -OCH3 is 1. The van der Waals surface area contributed by atoms with E-state index in [-0.39, 0.29) is 5.69 Å². The standard InChI is InChI=1S/C10H12N2O4/c1-16-10(3-2-4-10)9-11-6(8(14)15)5-7(13)12-9/h5H,2-4H2,1H3,(H,14,15)(H,11,12,13). The van der Waals surface area contributed by atoms with Crippen molar-refractivity contribution < 1.29 is 14.6 Å². The van der Waals surface area contributed by atoms with Gasteiger partial charge in [0.05, 0.1) is 0 Å². The van der Waals surface area contributed by atoms with Gasteiger partial charge in [-0.05, 0) is 19.3 Å². The molecule has 0 radical (unpaired) electrons. The molecule has 0 amide bonds. The van der Waals surface area contributed by atoms with Gasteiger partial charge in [-0.25, -0.2) is 9.78 Å². The number of ether oxygens (including phenoxy) is 1. The van der Waals surface area contributed by atoms with Crippen LogP contribution in [0.25, 0.3) is 0 Å². The third-order valence-electron chi connectivity index (χ3n) is 2.94. The van der Waals surface area contributed by atoms with Crippen molar-refractivity contribution in [3.8, 4) is 0 Å². The SMILES string of the molecule is COC1(c2nc(C(=O)O)cc(=O)[nH]2)CCC1. The van der Waals surface area contributed by atoms with E-state index in [0.29, 0.717) is 5.82 Å². The number of carbonyl (C=O) groups is 1. The van der Waals surface area contributed by atoms with Gasteiger partial charge in [0.2, 0.25) is 0 Å². The lowest BCUT2D eigenvalue weighted by Gasteiger charge is -2.39. The van der Waals surface area contributed by atoms with Gasteiger partial charge in [0, 0.05) is 13.2 Å². The molecule has 0 spiro atoms. The molecule has 0 atom stereocenters. The van der Waals surface area contributed by atoms with Crippen LogP contribution in [0.2, 0.25) is 0 Å². The summed E-state index contributed by atoms with van der Waals surface area (Å²) >= 11 is 0. The normalized spacial score (nSPS) is 17.8. The molecule has 2 N–H and O–H groups in total. The predicted molar refractivity (Wildman–Crippen MR) is 54.4 cm³/mol. The van der Waals surface area contributed by atoms with Crippen molar-refractivity contribution in [1.82, 2.24) is 9.97 Å². The number of aromatic nitrogens is 2. The largest absolute Gasteiger partial charge is 0.477 e. The summed E-state index contributed by atoms with van der Waals surface area (Å²) in [5.41, 5.74) is -1.32. The molecule has 6 heteroatoms. The second kappa shape index (κ2) is 3.71. The molecule has 0 unspecified atom stereocenters. The highest BCUT2D eigenvalue weighted by Crippen LogP contribution is 2.42. The summed E-state index contributed by atoms with van der Waals surface area (Å²) in [5, 5.41) is 8.81. The number of H-pyrrole nitrogens is 1. The molecule has 6 nitrogen and oxygen atoms in total. The molecule has 1 heterocycles. The van der Waals surface area contributed by atoms with Crippen LogP contribution in [0.15, 0.2) is 10.9 Å². The summed E-state index contributed by atoms with van der Waals surface area (Å²) < 4.78 is 5.32. The molecule has 1 aromatic rings. The quantitative estimate of drug-likeness (QED) is 0.779. The Morgan fingerprint density at radius 3 is 2.75 bits per heavy atom.